The number of esters is 1. The van der Waals surface area contributed by atoms with Crippen LogP contribution in [0.2, 0.25) is 0 Å². The average molecular weight is 239 g/mol. The van der Waals surface area contributed by atoms with Gasteiger partial charge in [0, 0.05) is 0 Å². The number of hydrogen-bond donors (Lipinski definition) is 2. The Morgan fingerprint density at radius 2 is 2.18 bits per heavy atom. The maximum atomic E-state index is 11.8. The molecule has 2 heterocycles. The molecule has 7 nitrogen and oxygen atoms in total. The molecule has 7 heteroatoms. The molecular weight excluding hydrogens is 226 g/mol. The lowest BCUT2D eigenvalue weighted by molar-refractivity contribution is -0.139. The van der Waals surface area contributed by atoms with Crippen molar-refractivity contribution in [1.82, 2.24) is 15.5 Å². The molecule has 1 unspecified atom stereocenters. The lowest BCUT2D eigenvalue weighted by Gasteiger charge is -2.28. The fourth-order valence-corrected chi connectivity index (χ4v) is 1.95. The molecule has 0 saturated carbocycles. The summed E-state index contributed by atoms with van der Waals surface area (Å²) in [5, 5.41) is 5.04. The van der Waals surface area contributed by atoms with E-state index in [1.54, 1.807) is 13.8 Å². The van der Waals surface area contributed by atoms with E-state index in [4.69, 9.17) is 4.74 Å². The summed E-state index contributed by atoms with van der Waals surface area (Å²) in [6.45, 7) is 3.80. The van der Waals surface area contributed by atoms with E-state index in [9.17, 15) is 14.4 Å². The number of hydrogen-bond acceptors (Lipinski definition) is 4. The highest BCUT2D eigenvalue weighted by atomic mass is 16.5. The van der Waals surface area contributed by atoms with E-state index in [2.05, 4.69) is 10.6 Å². The van der Waals surface area contributed by atoms with Gasteiger partial charge in [0.1, 0.15) is 0 Å². The molecule has 1 atom stereocenters. The summed E-state index contributed by atoms with van der Waals surface area (Å²) < 4.78 is 4.92. The molecule has 0 aromatic heterocycles. The van der Waals surface area contributed by atoms with Crippen molar-refractivity contribution in [3.05, 3.63) is 11.3 Å². The second kappa shape index (κ2) is 4.08. The minimum atomic E-state index is -0.522. The molecule has 0 radical (unpaired) electrons. The number of carbonyl (C=O) groups is 3. The second-order valence-corrected chi connectivity index (χ2v) is 3.75. The van der Waals surface area contributed by atoms with Crippen molar-refractivity contribution < 1.29 is 19.1 Å². The monoisotopic (exact) mass is 239 g/mol. The molecule has 92 valence electrons. The van der Waals surface area contributed by atoms with Crippen LogP contribution in [-0.4, -0.2) is 42.1 Å². The van der Waals surface area contributed by atoms with Crippen LogP contribution in [0, 0.1) is 0 Å². The zero-order chi connectivity index (χ0) is 12.6. The normalized spacial score (nSPS) is 23.2. The molecular formula is C10H13N3O4. The van der Waals surface area contributed by atoms with Gasteiger partial charge < -0.3 is 15.4 Å². The predicted molar refractivity (Wildman–Crippen MR) is 56.9 cm³/mol. The van der Waals surface area contributed by atoms with Crippen molar-refractivity contribution in [3.8, 4) is 0 Å². The molecule has 2 aliphatic rings. The topological polar surface area (TPSA) is 87.7 Å². The minimum Gasteiger partial charge on any atom is -0.463 e. The zero-order valence-electron chi connectivity index (χ0n) is 9.57. The van der Waals surface area contributed by atoms with Gasteiger partial charge in [0.2, 0.25) is 0 Å². The summed E-state index contributed by atoms with van der Waals surface area (Å²) in [4.78, 5) is 35.7. The van der Waals surface area contributed by atoms with Gasteiger partial charge in [-0.1, -0.05) is 0 Å². The van der Waals surface area contributed by atoms with Crippen LogP contribution < -0.4 is 10.6 Å². The lowest BCUT2D eigenvalue weighted by atomic mass is 10.0. The van der Waals surface area contributed by atoms with Crippen LogP contribution in [0.1, 0.15) is 13.8 Å². The molecule has 4 amide bonds. The van der Waals surface area contributed by atoms with Crippen LogP contribution in [0.4, 0.5) is 9.59 Å². The quantitative estimate of drug-likeness (QED) is 0.661. The highest BCUT2D eigenvalue weighted by molar-refractivity contribution is 6.03. The molecule has 0 aromatic carbocycles. The summed E-state index contributed by atoms with van der Waals surface area (Å²) in [5.41, 5.74) is 0.703. The van der Waals surface area contributed by atoms with Crippen LogP contribution in [0.15, 0.2) is 11.3 Å². The molecule has 2 N–H and O–H groups in total. The van der Waals surface area contributed by atoms with E-state index < -0.39 is 24.1 Å². The van der Waals surface area contributed by atoms with Gasteiger partial charge >= 0.3 is 18.0 Å². The Morgan fingerprint density at radius 1 is 1.47 bits per heavy atom. The molecule has 1 fully saturated rings. The molecule has 0 aromatic rings. The van der Waals surface area contributed by atoms with Gasteiger partial charge in [-0.25, -0.2) is 19.3 Å². The Hall–Kier alpha value is -2.05. The van der Waals surface area contributed by atoms with Crippen LogP contribution >= 0.6 is 0 Å². The van der Waals surface area contributed by atoms with Gasteiger partial charge in [0.05, 0.1) is 30.5 Å². The zero-order valence-corrected chi connectivity index (χ0v) is 9.57. The molecule has 17 heavy (non-hydrogen) atoms. The number of imide groups is 1. The number of nitrogens with zero attached hydrogens (tertiary/aromatic N) is 1. The van der Waals surface area contributed by atoms with Crippen molar-refractivity contribution in [2.45, 2.75) is 19.9 Å². The van der Waals surface area contributed by atoms with Gasteiger partial charge in [0.15, 0.2) is 0 Å². The molecule has 2 aliphatic heterocycles. The van der Waals surface area contributed by atoms with Crippen LogP contribution in [-0.2, 0) is 9.53 Å². The highest BCUT2D eigenvalue weighted by Gasteiger charge is 2.41. The SMILES string of the molecule is CCOC(=O)C1=C2CNC(=O)N2C(=O)NC1C. The third kappa shape index (κ3) is 1.73. The molecule has 0 aliphatic carbocycles. The summed E-state index contributed by atoms with van der Waals surface area (Å²) in [5.74, 6) is -0.503. The Kier molecular flexibility index (Phi) is 2.74. The predicted octanol–water partition coefficient (Wildman–Crippen LogP) is -0.0595. The fraction of sp³-hybridized carbons (Fsp3) is 0.500. The Balaban J connectivity index is 2.42. The Bertz CT molecular complexity index is 429. The van der Waals surface area contributed by atoms with Gasteiger partial charge in [-0.3, -0.25) is 0 Å². The smallest absolute Gasteiger partial charge is 0.337 e. The van der Waals surface area contributed by atoms with Gasteiger partial charge in [-0.2, -0.15) is 0 Å². The average Bonchev–Trinajstić information content (AvgIpc) is 2.61. The maximum Gasteiger partial charge on any atom is 0.337 e. The van der Waals surface area contributed by atoms with E-state index in [1.807, 2.05) is 0 Å². The lowest BCUT2D eigenvalue weighted by Crippen LogP contribution is -2.51. The fourth-order valence-electron chi connectivity index (χ4n) is 1.95. The van der Waals surface area contributed by atoms with E-state index >= 15 is 0 Å². The molecule has 0 spiro atoms. The largest absolute Gasteiger partial charge is 0.463 e. The Labute approximate surface area is 97.8 Å². The first kappa shape index (κ1) is 11.4. The van der Waals surface area contributed by atoms with Crippen molar-refractivity contribution in [2.75, 3.05) is 13.2 Å². The van der Waals surface area contributed by atoms with E-state index in [1.165, 1.54) is 0 Å². The third-order valence-electron chi connectivity index (χ3n) is 2.66. The third-order valence-corrected chi connectivity index (χ3v) is 2.66. The van der Waals surface area contributed by atoms with Crippen LogP contribution in [0.25, 0.3) is 0 Å². The number of urea groups is 2. The van der Waals surface area contributed by atoms with Crippen LogP contribution in [0.3, 0.4) is 0 Å². The molecule has 1 saturated heterocycles. The first-order valence-electron chi connectivity index (χ1n) is 5.34. The summed E-state index contributed by atoms with van der Waals surface area (Å²) in [6.07, 6.45) is 0. The summed E-state index contributed by atoms with van der Waals surface area (Å²) in [7, 11) is 0. The highest BCUT2D eigenvalue weighted by Crippen LogP contribution is 2.24. The van der Waals surface area contributed by atoms with Crippen molar-refractivity contribution >= 4 is 18.0 Å². The standard InChI is InChI=1S/C10H13N3O4/c1-3-17-8(14)7-5(2)12-10(16)13-6(7)4-11-9(13)15/h5H,3-4H2,1-2H3,(H,11,15)(H,12,16). The Morgan fingerprint density at radius 3 is 2.82 bits per heavy atom. The number of fused-ring (bicyclic) bond motifs is 1. The van der Waals surface area contributed by atoms with Crippen molar-refractivity contribution in [1.29, 1.82) is 0 Å². The van der Waals surface area contributed by atoms with Crippen LogP contribution in [0.5, 0.6) is 0 Å². The maximum absolute atomic E-state index is 11.8. The van der Waals surface area contributed by atoms with Gasteiger partial charge in [-0.05, 0) is 13.8 Å². The molecule has 0 bridgehead atoms. The van der Waals surface area contributed by atoms with Gasteiger partial charge in [-0.15, -0.1) is 0 Å². The first-order valence-corrected chi connectivity index (χ1v) is 5.34. The first-order chi connectivity index (χ1) is 8.06. The summed E-state index contributed by atoms with van der Waals surface area (Å²) in [6, 6.07) is -1.50. The van der Waals surface area contributed by atoms with Gasteiger partial charge in [0.25, 0.3) is 0 Å². The van der Waals surface area contributed by atoms with Crippen molar-refractivity contribution in [2.24, 2.45) is 0 Å². The number of amides is 4. The summed E-state index contributed by atoms with van der Waals surface area (Å²) >= 11 is 0. The molecule has 2 rings (SSSR count). The van der Waals surface area contributed by atoms with E-state index in [0.717, 1.165) is 4.90 Å². The number of ether oxygens (including phenoxy) is 1. The number of rotatable bonds is 2. The van der Waals surface area contributed by atoms with E-state index in [-0.39, 0.29) is 13.2 Å². The minimum absolute atomic E-state index is 0.171. The number of nitrogens with one attached hydrogen (secondary N) is 2. The second-order valence-electron chi connectivity index (χ2n) is 3.75. The number of carbonyl (C=O) groups excluding carboxylic acids is 3. The van der Waals surface area contributed by atoms with E-state index in [0.29, 0.717) is 11.3 Å². The van der Waals surface area contributed by atoms with Crippen molar-refractivity contribution in [3.63, 3.8) is 0 Å².